The number of furan rings is 1. The van der Waals surface area contributed by atoms with Gasteiger partial charge < -0.3 is 13.7 Å². The van der Waals surface area contributed by atoms with Crippen molar-refractivity contribution >= 4 is 27.7 Å². The minimum absolute atomic E-state index is 0.196. The number of carbonyl (C=O) groups excluding carboxylic acids is 2. The molecule has 104 valence electrons. The van der Waals surface area contributed by atoms with Gasteiger partial charge in [-0.15, -0.1) is 0 Å². The molecule has 1 aliphatic heterocycles. The monoisotopic (exact) mass is 337 g/mol. The van der Waals surface area contributed by atoms with Crippen molar-refractivity contribution in [3.05, 3.63) is 46.1 Å². The molecule has 1 aliphatic rings. The molecule has 1 atom stereocenters. The van der Waals surface area contributed by atoms with Crippen LogP contribution in [-0.2, 0) is 16.1 Å². The van der Waals surface area contributed by atoms with Crippen molar-refractivity contribution in [1.82, 2.24) is 4.57 Å². The van der Waals surface area contributed by atoms with Crippen molar-refractivity contribution in [3.63, 3.8) is 0 Å². The summed E-state index contributed by atoms with van der Waals surface area (Å²) in [6.07, 6.45) is 2.11. The van der Waals surface area contributed by atoms with Crippen molar-refractivity contribution < 1.29 is 18.7 Å². The quantitative estimate of drug-likeness (QED) is 0.638. The number of hydrogen-bond donors (Lipinski definition) is 0. The van der Waals surface area contributed by atoms with Gasteiger partial charge in [0, 0.05) is 16.7 Å². The number of rotatable bonds is 3. The largest absolute Gasteiger partial charge is 0.469 e. The lowest BCUT2D eigenvalue weighted by Crippen LogP contribution is -2.11. The van der Waals surface area contributed by atoms with Gasteiger partial charge in [-0.1, -0.05) is 0 Å². The molecular weight excluding hydrogens is 326 g/mol. The molecule has 0 bridgehead atoms. The van der Waals surface area contributed by atoms with Crippen molar-refractivity contribution in [2.45, 2.75) is 18.9 Å². The van der Waals surface area contributed by atoms with Gasteiger partial charge in [0.25, 0.3) is 0 Å². The van der Waals surface area contributed by atoms with Gasteiger partial charge in [-0.25, -0.2) is 0 Å². The van der Waals surface area contributed by atoms with Crippen LogP contribution in [0.2, 0.25) is 0 Å². The Hall–Kier alpha value is -1.82. The summed E-state index contributed by atoms with van der Waals surface area (Å²) in [4.78, 5) is 24.2. The second-order valence-electron chi connectivity index (χ2n) is 4.59. The normalized spacial score (nSPS) is 17.0. The van der Waals surface area contributed by atoms with Gasteiger partial charge in [-0.2, -0.15) is 0 Å². The molecular formula is C14H12BrNO4. The fraction of sp³-hybridized carbons (Fsp3) is 0.286. The fourth-order valence-corrected chi connectivity index (χ4v) is 3.23. The van der Waals surface area contributed by atoms with E-state index in [1.54, 1.807) is 12.1 Å². The van der Waals surface area contributed by atoms with Crippen LogP contribution in [0.5, 0.6) is 0 Å². The van der Waals surface area contributed by atoms with E-state index in [1.165, 1.54) is 13.4 Å². The summed E-state index contributed by atoms with van der Waals surface area (Å²) in [6, 6.07) is 5.11. The number of carbonyl (C=O) groups is 2. The Bertz CT molecular complexity index is 672. The zero-order valence-electron chi connectivity index (χ0n) is 10.8. The predicted molar refractivity (Wildman–Crippen MR) is 73.6 cm³/mol. The van der Waals surface area contributed by atoms with Gasteiger partial charge in [0.15, 0.2) is 5.76 Å². The maximum Gasteiger partial charge on any atom is 0.314 e. The van der Waals surface area contributed by atoms with Gasteiger partial charge in [-0.3, -0.25) is 9.59 Å². The highest BCUT2D eigenvalue weighted by Gasteiger charge is 2.34. The molecule has 0 N–H and O–H groups in total. The highest BCUT2D eigenvalue weighted by Crippen LogP contribution is 2.36. The second kappa shape index (κ2) is 4.94. The number of nitrogens with zero attached hydrogens (tertiary/aromatic N) is 1. The van der Waals surface area contributed by atoms with Gasteiger partial charge in [-0.05, 0) is 40.5 Å². The van der Waals surface area contributed by atoms with E-state index in [1.807, 2.05) is 10.6 Å². The first kappa shape index (κ1) is 13.2. The number of fused-ring (bicyclic) bond motifs is 1. The summed E-state index contributed by atoms with van der Waals surface area (Å²) >= 11 is 3.39. The summed E-state index contributed by atoms with van der Waals surface area (Å²) in [5, 5.41) is 0. The third-order valence-corrected chi connectivity index (χ3v) is 4.13. The zero-order chi connectivity index (χ0) is 14.3. The summed E-state index contributed by atoms with van der Waals surface area (Å²) < 4.78 is 12.5. The molecule has 3 rings (SSSR count). The molecule has 1 unspecified atom stereocenters. The van der Waals surface area contributed by atoms with Crippen LogP contribution >= 0.6 is 15.9 Å². The van der Waals surface area contributed by atoms with Crippen LogP contribution in [-0.4, -0.2) is 23.4 Å². The standard InChI is InChI=1S/C14H12BrNO4/c1-19-14(18)8-4-5-16-10(8)7-9(15)12(16)13(17)11-3-2-6-20-11/h2-3,6-8H,4-5H2,1H3. The summed E-state index contributed by atoms with van der Waals surface area (Å²) in [6.45, 7) is 0.614. The van der Waals surface area contributed by atoms with Crippen molar-refractivity contribution in [2.24, 2.45) is 0 Å². The van der Waals surface area contributed by atoms with Crippen LogP contribution in [0, 0.1) is 0 Å². The highest BCUT2D eigenvalue weighted by molar-refractivity contribution is 9.10. The Morgan fingerprint density at radius 1 is 1.50 bits per heavy atom. The smallest absolute Gasteiger partial charge is 0.314 e. The molecule has 0 spiro atoms. The first-order valence-electron chi connectivity index (χ1n) is 6.18. The Balaban J connectivity index is 2.03. The molecule has 0 saturated heterocycles. The molecule has 2 aromatic heterocycles. The van der Waals surface area contributed by atoms with Crippen molar-refractivity contribution in [2.75, 3.05) is 7.11 Å². The van der Waals surface area contributed by atoms with Crippen LogP contribution in [0.4, 0.5) is 0 Å². The van der Waals surface area contributed by atoms with Crippen LogP contribution in [0.15, 0.2) is 33.4 Å². The minimum Gasteiger partial charge on any atom is -0.469 e. The fourth-order valence-electron chi connectivity index (χ4n) is 2.61. The molecule has 3 heterocycles. The topological polar surface area (TPSA) is 61.4 Å². The third-order valence-electron chi connectivity index (χ3n) is 3.53. The summed E-state index contributed by atoms with van der Waals surface area (Å²) in [5.41, 5.74) is 1.32. The van der Waals surface area contributed by atoms with E-state index in [0.717, 1.165) is 5.69 Å². The molecule has 5 nitrogen and oxygen atoms in total. The Morgan fingerprint density at radius 2 is 2.30 bits per heavy atom. The molecule has 20 heavy (non-hydrogen) atoms. The zero-order valence-corrected chi connectivity index (χ0v) is 12.3. The third kappa shape index (κ3) is 1.91. The molecule has 0 aliphatic carbocycles. The van der Waals surface area contributed by atoms with E-state index in [9.17, 15) is 9.59 Å². The van der Waals surface area contributed by atoms with Crippen LogP contribution in [0.1, 0.15) is 34.3 Å². The predicted octanol–water partition coefficient (Wildman–Crippen LogP) is 2.73. The van der Waals surface area contributed by atoms with E-state index in [2.05, 4.69) is 15.9 Å². The van der Waals surface area contributed by atoms with Gasteiger partial charge in [0.2, 0.25) is 5.78 Å². The lowest BCUT2D eigenvalue weighted by Gasteiger charge is -2.05. The summed E-state index contributed by atoms with van der Waals surface area (Å²) in [7, 11) is 1.37. The number of ketones is 1. The average Bonchev–Trinajstić information content (AvgIpc) is 3.12. The van der Waals surface area contributed by atoms with E-state index in [-0.39, 0.29) is 23.4 Å². The van der Waals surface area contributed by atoms with E-state index in [0.29, 0.717) is 23.1 Å². The van der Waals surface area contributed by atoms with E-state index in [4.69, 9.17) is 9.15 Å². The first-order chi connectivity index (χ1) is 9.63. The maximum atomic E-state index is 12.4. The molecule has 0 radical (unpaired) electrons. The number of methoxy groups -OCH3 is 1. The van der Waals surface area contributed by atoms with Crippen LogP contribution in [0.3, 0.4) is 0 Å². The number of esters is 1. The number of aromatic nitrogens is 1. The van der Waals surface area contributed by atoms with E-state index >= 15 is 0 Å². The minimum atomic E-state index is -0.311. The first-order valence-corrected chi connectivity index (χ1v) is 6.97. The SMILES string of the molecule is COC(=O)C1CCn2c1cc(Br)c2C(=O)c1ccco1. The molecule has 0 fully saturated rings. The maximum absolute atomic E-state index is 12.4. The molecule has 0 aromatic carbocycles. The lowest BCUT2D eigenvalue weighted by atomic mass is 10.1. The Morgan fingerprint density at radius 3 is 2.95 bits per heavy atom. The molecule has 0 amide bonds. The second-order valence-corrected chi connectivity index (χ2v) is 5.44. The van der Waals surface area contributed by atoms with Crippen molar-refractivity contribution in [3.8, 4) is 0 Å². The molecule has 2 aromatic rings. The van der Waals surface area contributed by atoms with Gasteiger partial charge >= 0.3 is 5.97 Å². The summed E-state index contributed by atoms with van der Waals surface area (Å²) in [5.74, 6) is -0.494. The molecule has 0 saturated carbocycles. The van der Waals surface area contributed by atoms with Crippen LogP contribution < -0.4 is 0 Å². The Kier molecular flexibility index (Phi) is 3.25. The van der Waals surface area contributed by atoms with Crippen molar-refractivity contribution in [1.29, 1.82) is 0 Å². The van der Waals surface area contributed by atoms with Gasteiger partial charge in [0.1, 0.15) is 5.69 Å². The lowest BCUT2D eigenvalue weighted by molar-refractivity contribution is -0.142. The molecule has 6 heteroatoms. The number of halogens is 1. The van der Waals surface area contributed by atoms with Gasteiger partial charge in [0.05, 0.1) is 19.3 Å². The van der Waals surface area contributed by atoms with Crippen LogP contribution in [0.25, 0.3) is 0 Å². The Labute approximate surface area is 123 Å². The number of hydrogen-bond acceptors (Lipinski definition) is 4. The highest BCUT2D eigenvalue weighted by atomic mass is 79.9. The van der Waals surface area contributed by atoms with E-state index < -0.39 is 0 Å². The average molecular weight is 338 g/mol. The number of ether oxygens (including phenoxy) is 1.